The van der Waals surface area contributed by atoms with E-state index in [1.165, 1.54) is 36.8 Å². The van der Waals surface area contributed by atoms with Gasteiger partial charge in [-0.1, -0.05) is 239 Å². The van der Waals surface area contributed by atoms with Gasteiger partial charge < -0.3 is 134 Å². The standard InChI is InChI=1S/2C12H17NO2.4C9H19NO2.2C6H13NO2.CH3.8ClH.7H2N.4Pt/c2*1-12(2,3)10-6-4-9(5-7-10)8-13-11(14)15;2*1-8(2,3)6-9(4,5)10-7(11)12;2*1-3-5-6-8(4-2)7-10-9(11)12;2*1-6(2,3)4-7-5(8)9;;;;;;;;;;;;;;;;;;;;/h2*4-7,13H,8H2,1-3H3,(H,14,15);2*10H,6H2,1-5H3,(H,11,12);2*8,10H,3-7H2,1-2H3,(H,11,12);2*7H,4H2,1-3H3,(H,8,9);1H3;8*1H;7*1H2;;;;/q;;;;;;;;-1;;;;;;;;;7*-1;4*+4/p-8. The maximum Gasteiger partial charge on any atom is -0.693 e. The Morgan fingerprint density at radius 1 is 0.328 bits per heavy atom. The monoisotopic (exact) mass is 2560 g/mol. The second-order valence-corrected chi connectivity index (χ2v) is 45.3. The minimum Gasteiger partial charge on any atom is -0.693 e. The van der Waals surface area contributed by atoms with Gasteiger partial charge in [0, 0.05) is 50.3 Å². The summed E-state index contributed by atoms with van der Waals surface area (Å²) in [5.74, 6) is 1.03. The minimum atomic E-state index is -0.991. The maximum absolute atomic E-state index is 10.4. The second kappa shape index (κ2) is 91.6. The van der Waals surface area contributed by atoms with Crippen molar-refractivity contribution in [3.05, 3.63) is 121 Å². The molecule has 0 radical (unpaired) electrons. The largest absolute Gasteiger partial charge is 0.693 e. The van der Waals surface area contributed by atoms with E-state index in [9.17, 15) is 38.4 Å². The normalized spacial score (nSPS) is 10.6. The van der Waals surface area contributed by atoms with Crippen LogP contribution in [0.2, 0.25) is 0 Å². The molecule has 0 aliphatic rings. The smallest absolute Gasteiger partial charge is 0.693 e. The summed E-state index contributed by atoms with van der Waals surface area (Å²) >= 11 is -1.89. The summed E-state index contributed by atoms with van der Waals surface area (Å²) in [6.07, 6.45) is 3.16. The Morgan fingerprint density at radius 3 is 0.655 bits per heavy atom. The van der Waals surface area contributed by atoms with Crippen molar-refractivity contribution in [3.63, 3.8) is 0 Å². The van der Waals surface area contributed by atoms with Crippen LogP contribution in [-0.4, -0.2) is 127 Å². The Kier molecular flexibility index (Phi) is 124. The van der Waals surface area contributed by atoms with Crippen molar-refractivity contribution in [3.8, 4) is 0 Å². The zero-order valence-corrected chi connectivity index (χ0v) is 88.4. The number of carbonyl (C=O) groups is 8. The van der Waals surface area contributed by atoms with E-state index in [1.54, 1.807) is 0 Å². The molecule has 0 spiro atoms. The molecule has 0 aromatic heterocycles. The molecule has 0 saturated heterocycles. The average Bonchev–Trinajstić information content (AvgIpc) is 0.874. The molecule has 0 fully saturated rings. The predicted molar refractivity (Wildman–Crippen MR) is 478 cm³/mol. The summed E-state index contributed by atoms with van der Waals surface area (Å²) in [7, 11) is 39.0. The van der Waals surface area contributed by atoms with E-state index in [1.807, 2.05) is 118 Å². The first-order chi connectivity index (χ1) is 48.9. The van der Waals surface area contributed by atoms with Crippen molar-refractivity contribution >= 4 is 124 Å². The van der Waals surface area contributed by atoms with Crippen molar-refractivity contribution in [2.24, 2.45) is 33.5 Å². The number of benzene rings is 2. The Hall–Kier alpha value is -2.61. The summed E-state index contributed by atoms with van der Waals surface area (Å²) in [5.41, 5.74) is 4.42. The van der Waals surface area contributed by atoms with Gasteiger partial charge >= 0.3 is 190 Å². The van der Waals surface area contributed by atoms with Crippen molar-refractivity contribution in [1.82, 2.24) is 42.5 Å². The Balaban J connectivity index is -0.0000000576. The molecule has 116 heavy (non-hydrogen) atoms. The van der Waals surface area contributed by atoms with Crippen molar-refractivity contribution in [1.29, 1.82) is 0 Å². The van der Waals surface area contributed by atoms with Crippen LogP contribution in [-0.2, 0) is 89.8 Å². The van der Waals surface area contributed by atoms with Crippen LogP contribution in [0.4, 0.5) is 38.4 Å². The van der Waals surface area contributed by atoms with Crippen LogP contribution >= 0.6 is 75.3 Å². The number of rotatable bonds is 22. The van der Waals surface area contributed by atoms with Crippen LogP contribution < -0.4 is 42.5 Å². The predicted octanol–water partition coefficient (Wildman–Crippen LogP) is 29.0. The molecule has 30 N–H and O–H groups in total. The Morgan fingerprint density at radius 2 is 0.526 bits per heavy atom. The molecule has 8 amide bonds. The van der Waals surface area contributed by atoms with Crippen LogP contribution in [0.1, 0.15) is 266 Å². The number of carboxylic acid groups (broad SMARTS) is 8. The van der Waals surface area contributed by atoms with Gasteiger partial charge in [0.05, 0.1) is 0 Å². The summed E-state index contributed by atoms with van der Waals surface area (Å²) in [6.45, 7) is 56.3. The Labute approximate surface area is 764 Å². The zero-order chi connectivity index (χ0) is 87.5. The van der Waals surface area contributed by atoms with E-state index in [4.69, 9.17) is 116 Å². The van der Waals surface area contributed by atoms with E-state index in [2.05, 4.69) is 153 Å². The fourth-order valence-electron chi connectivity index (χ4n) is 8.95. The number of halogens is 8. The van der Waals surface area contributed by atoms with E-state index in [-0.39, 0.29) is 94.0 Å². The van der Waals surface area contributed by atoms with Gasteiger partial charge in [0.1, 0.15) is 0 Å². The van der Waals surface area contributed by atoms with E-state index >= 15 is 0 Å². The summed E-state index contributed by atoms with van der Waals surface area (Å²) in [5, 5.41) is 86.1. The number of nitrogens with one attached hydrogen (secondary N) is 8. The van der Waals surface area contributed by atoms with E-state index < -0.39 is 115 Å². The number of amides is 8. The molecule has 43 heteroatoms. The molecular formula is C73H153Cl8N15O16Pt4. The van der Waals surface area contributed by atoms with Crippen molar-refractivity contribution in [2.45, 2.75) is 279 Å². The molecule has 0 aliphatic carbocycles. The van der Waals surface area contributed by atoms with Crippen LogP contribution in [0.5, 0.6) is 0 Å². The summed E-state index contributed by atoms with van der Waals surface area (Å²) in [4.78, 5) is 81.6. The van der Waals surface area contributed by atoms with Gasteiger partial charge in [-0.2, -0.15) is 0 Å². The third kappa shape index (κ3) is 149. The van der Waals surface area contributed by atoms with Gasteiger partial charge in [0.15, 0.2) is 0 Å². The van der Waals surface area contributed by atoms with Gasteiger partial charge in [0.25, 0.3) is 0 Å². The summed E-state index contributed by atoms with van der Waals surface area (Å²) in [6, 6.07) is 16.0. The third-order valence-corrected chi connectivity index (χ3v) is 13.1. The molecular weight excluding hydrogens is 2410 g/mol. The topological polar surface area (TPSA) is 629 Å². The van der Waals surface area contributed by atoms with E-state index in [0.717, 1.165) is 49.7 Å². The number of hydrogen-bond donors (Lipinski definition) is 16. The molecule has 2 unspecified atom stereocenters. The van der Waals surface area contributed by atoms with Crippen LogP contribution in [0.15, 0.2) is 48.5 Å². The quantitative estimate of drug-likeness (QED) is 0.0487. The molecule has 2 rings (SSSR count). The van der Waals surface area contributed by atoms with Gasteiger partial charge in [0.2, 0.25) is 0 Å². The third-order valence-electron chi connectivity index (χ3n) is 13.1. The fourth-order valence-corrected chi connectivity index (χ4v) is 8.95. The number of hydrogen-bond acceptors (Lipinski definition) is 8. The van der Waals surface area contributed by atoms with Gasteiger partial charge in [-0.25, -0.2) is 38.4 Å². The molecule has 0 heterocycles. The zero-order valence-electron chi connectivity index (χ0n) is 73.3. The van der Waals surface area contributed by atoms with Gasteiger partial charge in [-0.15, -0.1) is 0 Å². The molecule has 2 atom stereocenters. The molecule has 0 bridgehead atoms. The van der Waals surface area contributed by atoms with Crippen LogP contribution in [0.25, 0.3) is 43.1 Å². The van der Waals surface area contributed by atoms with Crippen LogP contribution in [0.3, 0.4) is 0 Å². The number of unbranched alkanes of at least 4 members (excludes halogenated alkanes) is 2. The molecule has 31 nitrogen and oxygen atoms in total. The molecule has 0 saturated carbocycles. The summed E-state index contributed by atoms with van der Waals surface area (Å²) < 4.78 is 0. The van der Waals surface area contributed by atoms with Gasteiger partial charge in [-0.05, 0) is 120 Å². The first kappa shape index (κ1) is 157. The number of nitrogens with two attached hydrogens (primary N) is 7. The first-order valence-electron chi connectivity index (χ1n) is 34.2. The van der Waals surface area contributed by atoms with Gasteiger partial charge in [-0.3, -0.25) is 0 Å². The molecule has 0 aliphatic heterocycles. The molecule has 2 aromatic rings. The second-order valence-electron chi connectivity index (χ2n) is 32.1. The molecule has 712 valence electrons. The SMILES string of the molecule is CC(C)(C)CC(C)(C)NC(=O)O.CC(C)(C)CC(C)(C)NC(=O)O.CC(C)(C)CNC(=O)O.CC(C)(C)CNC(=O)O.CC(C)(C)c1ccc(CNC(=O)O)cc1.CC(C)(C)c1ccc(CNC(=O)O)cc1.CCCCC(CC)CNC(=O)O.CCCCC(CC)CNC(=O)O.[CH3-].[Cl][Pt+2][Cl].[Cl][Pt+2][Cl].[Cl][Pt+2][Cl].[Cl][Pt+2][Cl].[NH2-].[NH2-].[NH2-].[NH2-].[NH2-].[NH2-].[NH2-]. The first-order valence-corrected chi connectivity index (χ1v) is 56.8. The maximum atomic E-state index is 10.4. The van der Waals surface area contributed by atoms with Crippen molar-refractivity contribution in [2.75, 3.05) is 26.2 Å². The minimum absolute atomic E-state index is 0. The molecule has 2 aromatic carbocycles. The Bertz CT molecular complexity index is 2430. The van der Waals surface area contributed by atoms with Crippen molar-refractivity contribution < 1.29 is 145 Å². The van der Waals surface area contributed by atoms with Crippen LogP contribution in [0, 0.1) is 40.9 Å². The fraction of sp³-hybridized carbons (Fsp3) is 0.712. The van der Waals surface area contributed by atoms with E-state index in [0.29, 0.717) is 51.1 Å². The average molecular weight is 2560 g/mol.